The first-order valence-corrected chi connectivity index (χ1v) is 9.21. The van der Waals surface area contributed by atoms with Crippen LogP contribution in [0.25, 0.3) is 0 Å². The number of hydrogen-bond acceptors (Lipinski definition) is 3. The number of amides is 1. The smallest absolute Gasteiger partial charge is 0.219 e. The van der Waals surface area contributed by atoms with Crippen molar-refractivity contribution in [2.24, 2.45) is 5.92 Å². The van der Waals surface area contributed by atoms with Gasteiger partial charge in [0, 0.05) is 49.1 Å². The zero-order valence-corrected chi connectivity index (χ0v) is 15.0. The van der Waals surface area contributed by atoms with Crippen LogP contribution < -0.4 is 0 Å². The number of piperidine rings is 2. The zero-order valence-electron chi connectivity index (χ0n) is 14.2. The molecule has 2 heterocycles. The number of rotatable bonds is 3. The molecule has 24 heavy (non-hydrogen) atoms. The third-order valence-corrected chi connectivity index (χ3v) is 5.63. The molecule has 1 aromatic rings. The summed E-state index contributed by atoms with van der Waals surface area (Å²) in [6.07, 6.45) is 4.06. The standard InChI is InChI=1S/C19H25ClN2O2/c1-14(23)21-11-8-18(9-12-21)22-10-2-3-16(13-22)19(24)15-4-6-17(20)7-5-15/h4-7,16,18H,2-3,8-13H2,1H3. The van der Waals surface area contributed by atoms with Crippen molar-refractivity contribution < 1.29 is 9.59 Å². The maximum Gasteiger partial charge on any atom is 0.219 e. The lowest BCUT2D eigenvalue weighted by Gasteiger charge is -2.41. The summed E-state index contributed by atoms with van der Waals surface area (Å²) in [5, 5.41) is 0.661. The fraction of sp³-hybridized carbons (Fsp3) is 0.579. The van der Waals surface area contributed by atoms with Crippen LogP contribution in [0.4, 0.5) is 0 Å². The molecule has 130 valence electrons. The number of carbonyl (C=O) groups is 2. The monoisotopic (exact) mass is 348 g/mol. The molecule has 1 unspecified atom stereocenters. The first-order valence-electron chi connectivity index (χ1n) is 8.84. The van der Waals surface area contributed by atoms with Gasteiger partial charge in [0.05, 0.1) is 0 Å². The number of carbonyl (C=O) groups excluding carboxylic acids is 2. The number of likely N-dealkylation sites (tertiary alicyclic amines) is 2. The van der Waals surface area contributed by atoms with Gasteiger partial charge in [-0.15, -0.1) is 0 Å². The van der Waals surface area contributed by atoms with E-state index in [9.17, 15) is 9.59 Å². The van der Waals surface area contributed by atoms with Crippen molar-refractivity contribution in [3.63, 3.8) is 0 Å². The summed E-state index contributed by atoms with van der Waals surface area (Å²) < 4.78 is 0. The van der Waals surface area contributed by atoms with Crippen LogP contribution in [0.5, 0.6) is 0 Å². The first-order chi connectivity index (χ1) is 11.5. The Labute approximate surface area is 148 Å². The normalized spacial score (nSPS) is 23.2. The molecule has 1 atom stereocenters. The van der Waals surface area contributed by atoms with E-state index in [0.29, 0.717) is 11.1 Å². The van der Waals surface area contributed by atoms with Crippen molar-refractivity contribution in [1.29, 1.82) is 0 Å². The Bertz CT molecular complexity index is 594. The van der Waals surface area contributed by atoms with E-state index in [-0.39, 0.29) is 17.6 Å². The average Bonchev–Trinajstić information content (AvgIpc) is 2.62. The first kappa shape index (κ1) is 17.4. The topological polar surface area (TPSA) is 40.6 Å². The Morgan fingerprint density at radius 3 is 2.33 bits per heavy atom. The molecule has 0 aliphatic carbocycles. The molecule has 1 aromatic carbocycles. The lowest BCUT2D eigenvalue weighted by Crippen LogP contribution is -2.50. The van der Waals surface area contributed by atoms with Gasteiger partial charge in [-0.25, -0.2) is 0 Å². The van der Waals surface area contributed by atoms with Gasteiger partial charge in [0.2, 0.25) is 5.91 Å². The van der Waals surface area contributed by atoms with E-state index < -0.39 is 0 Å². The van der Waals surface area contributed by atoms with Crippen molar-refractivity contribution in [2.75, 3.05) is 26.2 Å². The van der Waals surface area contributed by atoms with E-state index in [0.717, 1.165) is 57.4 Å². The third-order valence-electron chi connectivity index (χ3n) is 5.38. The van der Waals surface area contributed by atoms with Crippen LogP contribution in [0.2, 0.25) is 5.02 Å². The number of nitrogens with zero attached hydrogens (tertiary/aromatic N) is 2. The SMILES string of the molecule is CC(=O)N1CCC(N2CCCC(C(=O)c3ccc(Cl)cc3)C2)CC1. The summed E-state index contributed by atoms with van der Waals surface area (Å²) in [5.74, 6) is 0.478. The molecule has 0 bridgehead atoms. The Balaban J connectivity index is 1.59. The van der Waals surface area contributed by atoms with Crippen molar-refractivity contribution in [3.8, 4) is 0 Å². The minimum atomic E-state index is 0.0748. The van der Waals surface area contributed by atoms with E-state index in [1.165, 1.54) is 0 Å². The number of Topliss-reactive ketones (excluding diaryl/α,β-unsaturated/α-hetero) is 1. The van der Waals surface area contributed by atoms with Gasteiger partial charge >= 0.3 is 0 Å². The summed E-state index contributed by atoms with van der Waals surface area (Å²) in [6, 6.07) is 7.73. The van der Waals surface area contributed by atoms with Crippen LogP contribution >= 0.6 is 11.6 Å². The van der Waals surface area contributed by atoms with Gasteiger partial charge in [-0.3, -0.25) is 14.5 Å². The molecule has 0 radical (unpaired) electrons. The van der Waals surface area contributed by atoms with Gasteiger partial charge in [0.25, 0.3) is 0 Å². The molecule has 1 amide bonds. The maximum atomic E-state index is 12.8. The van der Waals surface area contributed by atoms with Crippen molar-refractivity contribution >= 4 is 23.3 Å². The molecular weight excluding hydrogens is 324 g/mol. The van der Waals surface area contributed by atoms with Crippen molar-refractivity contribution in [2.45, 2.75) is 38.6 Å². The molecule has 2 aliphatic heterocycles. The fourth-order valence-corrected chi connectivity index (χ4v) is 4.07. The number of ketones is 1. The average molecular weight is 349 g/mol. The van der Waals surface area contributed by atoms with Crippen LogP contribution in [-0.4, -0.2) is 53.7 Å². The van der Waals surface area contributed by atoms with E-state index in [4.69, 9.17) is 11.6 Å². The molecular formula is C19H25ClN2O2. The Kier molecular flexibility index (Phi) is 5.57. The minimum Gasteiger partial charge on any atom is -0.343 e. The van der Waals surface area contributed by atoms with Gasteiger partial charge in [-0.2, -0.15) is 0 Å². The van der Waals surface area contributed by atoms with Crippen LogP contribution in [0.3, 0.4) is 0 Å². The van der Waals surface area contributed by atoms with Crippen LogP contribution in [0, 0.1) is 5.92 Å². The molecule has 3 rings (SSSR count). The molecule has 0 spiro atoms. The molecule has 5 heteroatoms. The summed E-state index contributed by atoms with van der Waals surface area (Å²) in [7, 11) is 0. The Morgan fingerprint density at radius 2 is 1.71 bits per heavy atom. The zero-order chi connectivity index (χ0) is 17.1. The summed E-state index contributed by atoms with van der Waals surface area (Å²) in [6.45, 7) is 5.22. The van der Waals surface area contributed by atoms with Gasteiger partial charge in [-0.05, 0) is 56.5 Å². The highest BCUT2D eigenvalue weighted by atomic mass is 35.5. The van der Waals surface area contributed by atoms with E-state index in [2.05, 4.69) is 4.90 Å². The summed E-state index contributed by atoms with van der Waals surface area (Å²) >= 11 is 5.91. The van der Waals surface area contributed by atoms with Gasteiger partial charge in [-0.1, -0.05) is 11.6 Å². The molecule has 4 nitrogen and oxygen atoms in total. The lowest BCUT2D eigenvalue weighted by molar-refractivity contribution is -0.130. The predicted molar refractivity (Wildman–Crippen MR) is 95.4 cm³/mol. The van der Waals surface area contributed by atoms with Crippen molar-refractivity contribution in [3.05, 3.63) is 34.9 Å². The molecule has 0 N–H and O–H groups in total. The molecule has 2 saturated heterocycles. The second kappa shape index (κ2) is 7.66. The van der Waals surface area contributed by atoms with E-state index in [1.807, 2.05) is 17.0 Å². The molecule has 0 saturated carbocycles. The van der Waals surface area contributed by atoms with Crippen LogP contribution in [0.1, 0.15) is 43.0 Å². The second-order valence-electron chi connectivity index (χ2n) is 6.94. The lowest BCUT2D eigenvalue weighted by atomic mass is 9.88. The molecule has 0 aromatic heterocycles. The van der Waals surface area contributed by atoms with Gasteiger partial charge in [0.1, 0.15) is 0 Å². The Morgan fingerprint density at radius 1 is 1.04 bits per heavy atom. The summed E-state index contributed by atoms with van der Waals surface area (Å²) in [4.78, 5) is 28.6. The van der Waals surface area contributed by atoms with Gasteiger partial charge < -0.3 is 4.90 Å². The maximum absolute atomic E-state index is 12.8. The second-order valence-corrected chi connectivity index (χ2v) is 7.38. The highest BCUT2D eigenvalue weighted by Crippen LogP contribution is 2.26. The van der Waals surface area contributed by atoms with Crippen LogP contribution in [0.15, 0.2) is 24.3 Å². The van der Waals surface area contributed by atoms with E-state index in [1.54, 1.807) is 19.1 Å². The quantitative estimate of drug-likeness (QED) is 0.787. The molecule has 2 aliphatic rings. The summed E-state index contributed by atoms with van der Waals surface area (Å²) in [5.41, 5.74) is 0.762. The predicted octanol–water partition coefficient (Wildman–Crippen LogP) is 3.25. The minimum absolute atomic E-state index is 0.0748. The number of halogens is 1. The largest absolute Gasteiger partial charge is 0.343 e. The van der Waals surface area contributed by atoms with Gasteiger partial charge in [0.15, 0.2) is 5.78 Å². The number of benzene rings is 1. The molecule has 2 fully saturated rings. The Hall–Kier alpha value is -1.39. The van der Waals surface area contributed by atoms with E-state index >= 15 is 0 Å². The number of hydrogen-bond donors (Lipinski definition) is 0. The van der Waals surface area contributed by atoms with Crippen molar-refractivity contribution in [1.82, 2.24) is 9.80 Å². The fourth-order valence-electron chi connectivity index (χ4n) is 3.95. The highest BCUT2D eigenvalue weighted by Gasteiger charge is 2.32. The third kappa shape index (κ3) is 3.98. The highest BCUT2D eigenvalue weighted by molar-refractivity contribution is 6.30. The van der Waals surface area contributed by atoms with Crippen LogP contribution in [-0.2, 0) is 4.79 Å².